The van der Waals surface area contributed by atoms with Crippen LogP contribution in [0.5, 0.6) is 0 Å². The summed E-state index contributed by atoms with van der Waals surface area (Å²) in [6, 6.07) is 4.91. The first-order chi connectivity index (χ1) is 7.69. The lowest BCUT2D eigenvalue weighted by atomic mass is 9.94. The van der Waals surface area contributed by atoms with Crippen molar-refractivity contribution in [2.45, 2.75) is 40.7 Å². The van der Waals surface area contributed by atoms with E-state index in [1.165, 1.54) is 6.07 Å². The van der Waals surface area contributed by atoms with Crippen LogP contribution in [0.15, 0.2) is 18.2 Å². The van der Waals surface area contributed by atoms with Gasteiger partial charge in [0.05, 0.1) is 0 Å². The summed E-state index contributed by atoms with van der Waals surface area (Å²) in [6.07, 6.45) is 0. The largest absolute Gasteiger partial charge is 0.324 e. The molecule has 0 aliphatic heterocycles. The van der Waals surface area contributed by atoms with Gasteiger partial charge in [-0.2, -0.15) is 0 Å². The second-order valence-corrected chi connectivity index (χ2v) is 6.45. The van der Waals surface area contributed by atoms with Crippen molar-refractivity contribution >= 4 is 0 Å². The zero-order chi connectivity index (χ0) is 13.0. The Kier molecular flexibility index (Phi) is 2.62. The van der Waals surface area contributed by atoms with E-state index in [1.54, 1.807) is 6.07 Å². The quantitative estimate of drug-likeness (QED) is 0.828. The molecule has 0 amide bonds. The van der Waals surface area contributed by atoms with Gasteiger partial charge >= 0.3 is 0 Å². The van der Waals surface area contributed by atoms with Crippen LogP contribution in [-0.2, 0) is 0 Å². The van der Waals surface area contributed by atoms with Crippen LogP contribution in [0.4, 0.5) is 4.39 Å². The van der Waals surface area contributed by atoms with Gasteiger partial charge in [-0.25, -0.2) is 4.39 Å². The lowest BCUT2D eigenvalue weighted by Crippen LogP contribution is -2.17. The van der Waals surface area contributed by atoms with Crippen molar-refractivity contribution in [2.24, 2.45) is 22.5 Å². The number of aryl methyl sites for hydroxylation is 1. The van der Waals surface area contributed by atoms with Crippen molar-refractivity contribution in [3.8, 4) is 0 Å². The molecule has 94 valence electrons. The van der Waals surface area contributed by atoms with E-state index in [4.69, 9.17) is 5.73 Å². The summed E-state index contributed by atoms with van der Waals surface area (Å²) in [5.74, 6) is 0.270. The first-order valence-electron chi connectivity index (χ1n) is 6.21. The number of rotatable bonds is 2. The Bertz CT molecular complexity index is 434. The molecule has 1 nitrogen and oxygen atoms in total. The Morgan fingerprint density at radius 2 is 1.71 bits per heavy atom. The lowest BCUT2D eigenvalue weighted by molar-refractivity contribution is 0.457. The predicted octanol–water partition coefficient (Wildman–Crippen LogP) is 3.82. The lowest BCUT2D eigenvalue weighted by Gasteiger charge is -2.17. The van der Waals surface area contributed by atoms with Gasteiger partial charge in [-0.15, -0.1) is 0 Å². The molecule has 1 saturated carbocycles. The van der Waals surface area contributed by atoms with E-state index in [-0.39, 0.29) is 22.7 Å². The molecule has 17 heavy (non-hydrogen) atoms. The molecule has 1 aromatic rings. The molecule has 0 heterocycles. The van der Waals surface area contributed by atoms with Gasteiger partial charge in [0.2, 0.25) is 0 Å². The van der Waals surface area contributed by atoms with E-state index in [0.29, 0.717) is 5.92 Å². The molecule has 0 saturated heterocycles. The minimum Gasteiger partial charge on any atom is -0.324 e. The van der Waals surface area contributed by atoms with E-state index >= 15 is 0 Å². The predicted molar refractivity (Wildman–Crippen MR) is 69.1 cm³/mol. The van der Waals surface area contributed by atoms with Crippen molar-refractivity contribution < 1.29 is 4.39 Å². The Labute approximate surface area is 103 Å². The highest BCUT2D eigenvalue weighted by Gasteiger charge is 2.66. The summed E-state index contributed by atoms with van der Waals surface area (Å²) in [5.41, 5.74) is 8.93. The van der Waals surface area contributed by atoms with Crippen molar-refractivity contribution in [1.82, 2.24) is 0 Å². The highest BCUT2D eigenvalue weighted by Crippen LogP contribution is 2.71. The molecule has 0 radical (unpaired) electrons. The average Bonchev–Trinajstić information content (AvgIpc) is 2.56. The van der Waals surface area contributed by atoms with Crippen LogP contribution in [0.2, 0.25) is 0 Å². The molecule has 2 heteroatoms. The van der Waals surface area contributed by atoms with Crippen molar-refractivity contribution in [1.29, 1.82) is 0 Å². The minimum atomic E-state index is -0.187. The summed E-state index contributed by atoms with van der Waals surface area (Å²) < 4.78 is 13.1. The number of hydrogen-bond donors (Lipinski definition) is 1. The monoisotopic (exact) mass is 235 g/mol. The van der Waals surface area contributed by atoms with Gasteiger partial charge in [0, 0.05) is 6.04 Å². The van der Waals surface area contributed by atoms with Gasteiger partial charge in [0.25, 0.3) is 0 Å². The normalized spacial score (nSPS) is 23.5. The molecule has 1 unspecified atom stereocenters. The number of halogens is 1. The smallest absolute Gasteiger partial charge is 0.123 e. The molecular formula is C15H22FN. The number of benzene rings is 1. The molecule has 1 aliphatic carbocycles. The number of hydrogen-bond acceptors (Lipinski definition) is 1. The molecule has 2 rings (SSSR count). The highest BCUT2D eigenvalue weighted by atomic mass is 19.1. The van der Waals surface area contributed by atoms with E-state index in [0.717, 1.165) is 11.1 Å². The summed E-state index contributed by atoms with van der Waals surface area (Å²) in [4.78, 5) is 0. The maximum atomic E-state index is 13.1. The van der Waals surface area contributed by atoms with Gasteiger partial charge in [0.15, 0.2) is 0 Å². The van der Waals surface area contributed by atoms with E-state index < -0.39 is 0 Å². The molecule has 1 aliphatic rings. The molecule has 1 aromatic carbocycles. The summed E-state index contributed by atoms with van der Waals surface area (Å²) in [5, 5.41) is 0. The van der Waals surface area contributed by atoms with Crippen LogP contribution < -0.4 is 5.73 Å². The fraction of sp³-hybridized carbons (Fsp3) is 0.600. The Balaban J connectivity index is 2.31. The molecule has 0 spiro atoms. The van der Waals surface area contributed by atoms with Crippen molar-refractivity contribution in [3.63, 3.8) is 0 Å². The molecule has 1 atom stereocenters. The van der Waals surface area contributed by atoms with Crippen LogP contribution in [0.1, 0.15) is 44.9 Å². The van der Waals surface area contributed by atoms with Gasteiger partial charge in [-0.3, -0.25) is 0 Å². The van der Waals surface area contributed by atoms with Crippen LogP contribution >= 0.6 is 0 Å². The van der Waals surface area contributed by atoms with Gasteiger partial charge < -0.3 is 5.73 Å². The highest BCUT2D eigenvalue weighted by molar-refractivity contribution is 5.33. The van der Waals surface area contributed by atoms with Gasteiger partial charge in [-0.05, 0) is 46.9 Å². The maximum Gasteiger partial charge on any atom is 0.123 e. The zero-order valence-corrected chi connectivity index (χ0v) is 11.3. The zero-order valence-electron chi connectivity index (χ0n) is 11.3. The standard InChI is InChI=1S/C15H22FN/c1-9-8-10(16)6-7-11(9)12(17)13-14(2,3)15(13,4)5/h6-8,12-13H,17H2,1-5H3. The Morgan fingerprint density at radius 1 is 1.18 bits per heavy atom. The van der Waals surface area contributed by atoms with E-state index in [2.05, 4.69) is 27.7 Å². The third-order valence-corrected chi connectivity index (χ3v) is 5.08. The molecule has 0 bridgehead atoms. The van der Waals surface area contributed by atoms with Crippen LogP contribution in [-0.4, -0.2) is 0 Å². The van der Waals surface area contributed by atoms with Crippen LogP contribution in [0.3, 0.4) is 0 Å². The third kappa shape index (κ3) is 1.70. The van der Waals surface area contributed by atoms with E-state index in [1.807, 2.05) is 13.0 Å². The van der Waals surface area contributed by atoms with Crippen molar-refractivity contribution in [2.75, 3.05) is 0 Å². The van der Waals surface area contributed by atoms with Crippen LogP contribution in [0.25, 0.3) is 0 Å². The number of nitrogens with two attached hydrogens (primary N) is 1. The first kappa shape index (κ1) is 12.6. The summed E-state index contributed by atoms with van der Waals surface area (Å²) in [7, 11) is 0. The Morgan fingerprint density at radius 3 is 2.12 bits per heavy atom. The summed E-state index contributed by atoms with van der Waals surface area (Å²) >= 11 is 0. The van der Waals surface area contributed by atoms with Crippen LogP contribution in [0, 0.1) is 29.5 Å². The van der Waals surface area contributed by atoms with Crippen molar-refractivity contribution in [3.05, 3.63) is 35.1 Å². The van der Waals surface area contributed by atoms with Gasteiger partial charge in [-0.1, -0.05) is 33.8 Å². The summed E-state index contributed by atoms with van der Waals surface area (Å²) in [6.45, 7) is 11.0. The molecular weight excluding hydrogens is 213 g/mol. The minimum absolute atomic E-state index is 0.000556. The maximum absolute atomic E-state index is 13.1. The fourth-order valence-corrected chi connectivity index (χ4v) is 3.34. The first-order valence-corrected chi connectivity index (χ1v) is 6.21. The fourth-order valence-electron chi connectivity index (χ4n) is 3.34. The average molecular weight is 235 g/mol. The molecule has 1 fully saturated rings. The Hall–Kier alpha value is -0.890. The topological polar surface area (TPSA) is 26.0 Å². The van der Waals surface area contributed by atoms with Gasteiger partial charge in [0.1, 0.15) is 5.82 Å². The SMILES string of the molecule is Cc1cc(F)ccc1C(N)C1C(C)(C)C1(C)C. The third-order valence-electron chi connectivity index (χ3n) is 5.08. The molecule has 2 N–H and O–H groups in total. The molecule has 0 aromatic heterocycles. The second kappa shape index (κ2) is 3.55. The van der Waals surface area contributed by atoms with E-state index in [9.17, 15) is 4.39 Å². The second-order valence-electron chi connectivity index (χ2n) is 6.45.